The average Bonchev–Trinajstić information content (AvgIpc) is 2.33. The molecule has 1 aromatic rings. The van der Waals surface area contributed by atoms with Crippen molar-refractivity contribution in [3.63, 3.8) is 0 Å². The molecule has 1 fully saturated rings. The molecule has 0 aliphatic carbocycles. The Morgan fingerprint density at radius 3 is 2.71 bits per heavy atom. The Kier molecular flexibility index (Phi) is 4.84. The van der Waals surface area contributed by atoms with Crippen LogP contribution in [-0.2, 0) is 11.3 Å². The number of halogens is 1. The van der Waals surface area contributed by atoms with Gasteiger partial charge in [-0.25, -0.2) is 0 Å². The lowest BCUT2D eigenvalue weighted by Crippen LogP contribution is -2.33. The van der Waals surface area contributed by atoms with Gasteiger partial charge in [-0.3, -0.25) is 4.90 Å². The van der Waals surface area contributed by atoms with Crippen molar-refractivity contribution in [1.29, 1.82) is 0 Å². The topological polar surface area (TPSA) is 12.5 Å². The first-order chi connectivity index (χ1) is 8.24. The van der Waals surface area contributed by atoms with E-state index in [9.17, 15) is 0 Å². The quantitative estimate of drug-likeness (QED) is 0.816. The first-order valence-electron chi connectivity index (χ1n) is 6.28. The van der Waals surface area contributed by atoms with E-state index in [0.717, 1.165) is 24.7 Å². The molecule has 0 amide bonds. The zero-order valence-corrected chi connectivity index (χ0v) is 11.1. The molecule has 3 heteroatoms. The number of likely N-dealkylation sites (N-methyl/N-ethyl adjacent to an activating group) is 1. The third-order valence-electron chi connectivity index (χ3n) is 3.16. The van der Waals surface area contributed by atoms with Crippen LogP contribution in [0, 0.1) is 0 Å². The van der Waals surface area contributed by atoms with Crippen LogP contribution in [0.3, 0.4) is 0 Å². The summed E-state index contributed by atoms with van der Waals surface area (Å²) in [4.78, 5) is 2.32. The highest BCUT2D eigenvalue weighted by atomic mass is 35.5. The fraction of sp³-hybridized carbons (Fsp3) is 0.571. The molecule has 0 spiro atoms. The Hall–Kier alpha value is -0.570. The third-order valence-corrected chi connectivity index (χ3v) is 3.41. The first-order valence-corrected chi connectivity index (χ1v) is 6.66. The van der Waals surface area contributed by atoms with Crippen LogP contribution in [-0.4, -0.2) is 31.2 Å². The number of benzene rings is 1. The summed E-state index contributed by atoms with van der Waals surface area (Å²) in [5.41, 5.74) is 1.30. The number of ether oxygens (including phenoxy) is 1. The van der Waals surface area contributed by atoms with Crippen LogP contribution in [0.4, 0.5) is 0 Å². The summed E-state index contributed by atoms with van der Waals surface area (Å²) >= 11 is 5.87. The van der Waals surface area contributed by atoms with Crippen LogP contribution in [0.2, 0.25) is 5.02 Å². The lowest BCUT2D eigenvalue weighted by atomic mass is 10.1. The Labute approximate surface area is 109 Å². The van der Waals surface area contributed by atoms with E-state index in [2.05, 4.69) is 24.1 Å². The number of rotatable bonds is 4. The molecule has 2 rings (SSSR count). The minimum atomic E-state index is 0.418. The molecule has 17 heavy (non-hydrogen) atoms. The highest BCUT2D eigenvalue weighted by molar-refractivity contribution is 6.30. The molecule has 1 aliphatic heterocycles. The molecule has 2 nitrogen and oxygen atoms in total. The van der Waals surface area contributed by atoms with Gasteiger partial charge >= 0.3 is 0 Å². The van der Waals surface area contributed by atoms with Gasteiger partial charge in [-0.15, -0.1) is 0 Å². The maximum Gasteiger partial charge on any atom is 0.0702 e. The highest BCUT2D eigenvalue weighted by Crippen LogP contribution is 2.15. The molecule has 0 aromatic heterocycles. The predicted molar refractivity (Wildman–Crippen MR) is 71.4 cm³/mol. The van der Waals surface area contributed by atoms with Gasteiger partial charge in [0.2, 0.25) is 0 Å². The number of hydrogen-bond donors (Lipinski definition) is 0. The highest BCUT2D eigenvalue weighted by Gasteiger charge is 2.15. The summed E-state index contributed by atoms with van der Waals surface area (Å²) < 4.78 is 5.74. The molecule has 0 N–H and O–H groups in total. The summed E-state index contributed by atoms with van der Waals surface area (Å²) in [6.45, 7) is 2.90. The molecule has 1 unspecified atom stereocenters. The molecular formula is C14H20ClNO. The van der Waals surface area contributed by atoms with Crippen molar-refractivity contribution in [2.45, 2.75) is 31.9 Å². The van der Waals surface area contributed by atoms with Crippen molar-refractivity contribution in [3.8, 4) is 0 Å². The Morgan fingerprint density at radius 1 is 1.29 bits per heavy atom. The van der Waals surface area contributed by atoms with Gasteiger partial charge in [-0.2, -0.15) is 0 Å². The zero-order chi connectivity index (χ0) is 12.1. The van der Waals surface area contributed by atoms with Crippen molar-refractivity contribution in [2.24, 2.45) is 0 Å². The summed E-state index contributed by atoms with van der Waals surface area (Å²) in [6.07, 6.45) is 4.14. The van der Waals surface area contributed by atoms with E-state index in [0.29, 0.717) is 6.10 Å². The van der Waals surface area contributed by atoms with E-state index in [1.165, 1.54) is 24.8 Å². The SMILES string of the molecule is CN(Cc1ccc(Cl)cc1)CC1CCCCO1. The number of hydrogen-bond acceptors (Lipinski definition) is 2. The molecule has 1 aromatic carbocycles. The predicted octanol–water partition coefficient (Wildman–Crippen LogP) is 3.34. The van der Waals surface area contributed by atoms with Crippen LogP contribution in [0.15, 0.2) is 24.3 Å². The third kappa shape index (κ3) is 4.30. The van der Waals surface area contributed by atoms with Gasteiger partial charge in [0.25, 0.3) is 0 Å². The van der Waals surface area contributed by atoms with Gasteiger partial charge in [0.15, 0.2) is 0 Å². The summed E-state index contributed by atoms with van der Waals surface area (Å²) in [6, 6.07) is 8.06. The van der Waals surface area contributed by atoms with Gasteiger partial charge in [0.05, 0.1) is 6.10 Å². The second-order valence-corrected chi connectivity index (χ2v) is 5.25. The van der Waals surface area contributed by atoms with Crippen LogP contribution in [0.5, 0.6) is 0 Å². The second-order valence-electron chi connectivity index (χ2n) is 4.81. The smallest absolute Gasteiger partial charge is 0.0702 e. The monoisotopic (exact) mass is 253 g/mol. The van der Waals surface area contributed by atoms with Crippen molar-refractivity contribution >= 4 is 11.6 Å². The van der Waals surface area contributed by atoms with E-state index < -0.39 is 0 Å². The lowest BCUT2D eigenvalue weighted by molar-refractivity contribution is -0.00259. The Morgan fingerprint density at radius 2 is 2.06 bits per heavy atom. The molecule has 1 saturated heterocycles. The summed E-state index contributed by atoms with van der Waals surface area (Å²) in [5.74, 6) is 0. The minimum Gasteiger partial charge on any atom is -0.377 e. The van der Waals surface area contributed by atoms with Gasteiger partial charge in [-0.1, -0.05) is 23.7 Å². The summed E-state index contributed by atoms with van der Waals surface area (Å²) in [7, 11) is 2.15. The van der Waals surface area contributed by atoms with Crippen molar-refractivity contribution < 1.29 is 4.74 Å². The van der Waals surface area contributed by atoms with Crippen LogP contribution < -0.4 is 0 Å². The molecule has 1 atom stereocenters. The molecular weight excluding hydrogens is 234 g/mol. The molecule has 0 bridgehead atoms. The van der Waals surface area contributed by atoms with E-state index in [4.69, 9.17) is 16.3 Å². The Bertz CT molecular complexity index is 333. The van der Waals surface area contributed by atoms with E-state index >= 15 is 0 Å². The molecule has 1 heterocycles. The van der Waals surface area contributed by atoms with Gasteiger partial charge in [-0.05, 0) is 44.0 Å². The Balaban J connectivity index is 1.79. The fourth-order valence-electron chi connectivity index (χ4n) is 2.27. The van der Waals surface area contributed by atoms with Gasteiger partial charge < -0.3 is 4.74 Å². The molecule has 0 saturated carbocycles. The van der Waals surface area contributed by atoms with E-state index in [1.807, 2.05) is 12.1 Å². The van der Waals surface area contributed by atoms with Crippen molar-refractivity contribution in [1.82, 2.24) is 4.90 Å². The van der Waals surface area contributed by atoms with Crippen LogP contribution >= 0.6 is 11.6 Å². The van der Waals surface area contributed by atoms with Crippen molar-refractivity contribution in [2.75, 3.05) is 20.2 Å². The van der Waals surface area contributed by atoms with Gasteiger partial charge in [0.1, 0.15) is 0 Å². The minimum absolute atomic E-state index is 0.418. The maximum absolute atomic E-state index is 5.87. The average molecular weight is 254 g/mol. The van der Waals surface area contributed by atoms with Gasteiger partial charge in [0, 0.05) is 24.7 Å². The standard InChI is InChI=1S/C14H20ClNO/c1-16(11-14-4-2-3-9-17-14)10-12-5-7-13(15)8-6-12/h5-8,14H,2-4,9-11H2,1H3. The van der Waals surface area contributed by atoms with Crippen LogP contribution in [0.1, 0.15) is 24.8 Å². The summed E-state index contributed by atoms with van der Waals surface area (Å²) in [5, 5.41) is 0.798. The van der Waals surface area contributed by atoms with E-state index in [-0.39, 0.29) is 0 Å². The normalized spacial score (nSPS) is 20.8. The molecule has 94 valence electrons. The van der Waals surface area contributed by atoms with E-state index in [1.54, 1.807) is 0 Å². The first kappa shape index (κ1) is 12.9. The van der Waals surface area contributed by atoms with Crippen molar-refractivity contribution in [3.05, 3.63) is 34.9 Å². The van der Waals surface area contributed by atoms with Crippen LogP contribution in [0.25, 0.3) is 0 Å². The molecule has 1 aliphatic rings. The second kappa shape index (κ2) is 6.39. The maximum atomic E-state index is 5.87. The fourth-order valence-corrected chi connectivity index (χ4v) is 2.39. The largest absolute Gasteiger partial charge is 0.377 e. The lowest BCUT2D eigenvalue weighted by Gasteiger charge is -2.27. The number of nitrogens with zero attached hydrogens (tertiary/aromatic N) is 1. The zero-order valence-electron chi connectivity index (χ0n) is 10.4. The molecule has 0 radical (unpaired) electrons.